The molecule has 0 saturated carbocycles. The van der Waals surface area contributed by atoms with E-state index >= 15 is 0 Å². The van der Waals surface area contributed by atoms with Crippen molar-refractivity contribution in [3.05, 3.63) is 53.3 Å². The van der Waals surface area contributed by atoms with Crippen molar-refractivity contribution in [2.75, 3.05) is 0 Å². The maximum Gasteiger partial charge on any atom is 0.0659 e. The van der Waals surface area contributed by atoms with Crippen molar-refractivity contribution in [1.82, 2.24) is 9.78 Å². The van der Waals surface area contributed by atoms with Crippen LogP contribution in [0, 0.1) is 0 Å². The minimum Gasteiger partial charge on any atom is -0.324 e. The van der Waals surface area contributed by atoms with Crippen LogP contribution in [0.15, 0.2) is 36.7 Å². The maximum absolute atomic E-state index is 5.82. The maximum atomic E-state index is 5.82. The second-order valence-electron chi connectivity index (χ2n) is 5.16. The Morgan fingerprint density at radius 2 is 1.78 bits per heavy atom. The molecular formula is C15H21N3. The van der Waals surface area contributed by atoms with Crippen LogP contribution in [0.4, 0.5) is 0 Å². The van der Waals surface area contributed by atoms with Crippen LogP contribution in [-0.4, -0.2) is 9.78 Å². The lowest BCUT2D eigenvalue weighted by atomic mass is 10.0. The van der Waals surface area contributed by atoms with E-state index in [1.165, 1.54) is 11.1 Å². The van der Waals surface area contributed by atoms with Gasteiger partial charge in [-0.25, -0.2) is 0 Å². The number of hydrogen-bond acceptors (Lipinski definition) is 2. The highest BCUT2D eigenvalue weighted by Crippen LogP contribution is 2.15. The lowest BCUT2D eigenvalue weighted by Gasteiger charge is -2.07. The molecule has 1 unspecified atom stereocenters. The van der Waals surface area contributed by atoms with Crippen LogP contribution in [0.2, 0.25) is 0 Å². The first kappa shape index (κ1) is 12.8. The van der Waals surface area contributed by atoms with E-state index in [9.17, 15) is 0 Å². The molecule has 0 amide bonds. The summed E-state index contributed by atoms with van der Waals surface area (Å²) in [6.07, 6.45) is 3.86. The molecule has 3 nitrogen and oxygen atoms in total. The molecule has 2 N–H and O–H groups in total. The lowest BCUT2D eigenvalue weighted by Crippen LogP contribution is -2.04. The van der Waals surface area contributed by atoms with E-state index in [0.717, 1.165) is 12.1 Å². The Balaban J connectivity index is 2.08. The van der Waals surface area contributed by atoms with Crippen LogP contribution >= 0.6 is 0 Å². The van der Waals surface area contributed by atoms with Crippen LogP contribution in [0.1, 0.15) is 49.4 Å². The molecule has 0 bridgehead atoms. The SMILES string of the molecule is CC(C)c1ccc(Cn2cc(C(C)N)cn2)cc1. The van der Waals surface area contributed by atoms with Crippen LogP contribution < -0.4 is 5.73 Å². The Labute approximate surface area is 109 Å². The van der Waals surface area contributed by atoms with Crippen molar-refractivity contribution >= 4 is 0 Å². The van der Waals surface area contributed by atoms with Crippen molar-refractivity contribution in [1.29, 1.82) is 0 Å². The van der Waals surface area contributed by atoms with E-state index in [4.69, 9.17) is 5.73 Å². The molecule has 1 aromatic carbocycles. The van der Waals surface area contributed by atoms with Crippen LogP contribution in [-0.2, 0) is 6.54 Å². The minimum absolute atomic E-state index is 0.0436. The van der Waals surface area contributed by atoms with Crippen molar-refractivity contribution < 1.29 is 0 Å². The molecule has 2 rings (SSSR count). The Morgan fingerprint density at radius 1 is 1.11 bits per heavy atom. The summed E-state index contributed by atoms with van der Waals surface area (Å²) in [5.74, 6) is 0.577. The molecule has 18 heavy (non-hydrogen) atoms. The zero-order valence-corrected chi connectivity index (χ0v) is 11.3. The first-order valence-corrected chi connectivity index (χ1v) is 6.43. The van der Waals surface area contributed by atoms with Gasteiger partial charge in [0.1, 0.15) is 0 Å². The molecule has 96 valence electrons. The van der Waals surface area contributed by atoms with E-state index in [1.54, 1.807) is 0 Å². The summed E-state index contributed by atoms with van der Waals surface area (Å²) < 4.78 is 1.93. The summed E-state index contributed by atoms with van der Waals surface area (Å²) in [5, 5.41) is 4.33. The smallest absolute Gasteiger partial charge is 0.0659 e. The first-order chi connectivity index (χ1) is 8.56. The van der Waals surface area contributed by atoms with Gasteiger partial charge >= 0.3 is 0 Å². The molecule has 1 atom stereocenters. The fourth-order valence-electron chi connectivity index (χ4n) is 1.90. The van der Waals surface area contributed by atoms with Gasteiger partial charge in [-0.05, 0) is 24.0 Å². The van der Waals surface area contributed by atoms with Gasteiger partial charge in [-0.15, -0.1) is 0 Å². The van der Waals surface area contributed by atoms with Crippen LogP contribution in [0.5, 0.6) is 0 Å². The molecule has 0 fully saturated rings. The molecule has 0 radical (unpaired) electrons. The van der Waals surface area contributed by atoms with Crippen molar-refractivity contribution in [2.45, 2.75) is 39.3 Å². The predicted molar refractivity (Wildman–Crippen MR) is 74.5 cm³/mol. The molecule has 3 heteroatoms. The second-order valence-corrected chi connectivity index (χ2v) is 5.16. The highest BCUT2D eigenvalue weighted by atomic mass is 15.3. The van der Waals surface area contributed by atoms with Crippen molar-refractivity contribution in [2.24, 2.45) is 5.73 Å². The van der Waals surface area contributed by atoms with Crippen molar-refractivity contribution in [3.8, 4) is 0 Å². The highest BCUT2D eigenvalue weighted by molar-refractivity contribution is 5.25. The quantitative estimate of drug-likeness (QED) is 0.896. The molecule has 0 aliphatic carbocycles. The number of rotatable bonds is 4. The molecular weight excluding hydrogens is 222 g/mol. The van der Waals surface area contributed by atoms with Crippen molar-refractivity contribution in [3.63, 3.8) is 0 Å². The van der Waals surface area contributed by atoms with Crippen LogP contribution in [0.25, 0.3) is 0 Å². The van der Waals surface area contributed by atoms with Gasteiger partial charge in [0.2, 0.25) is 0 Å². The van der Waals surface area contributed by atoms with E-state index in [1.807, 2.05) is 24.0 Å². The molecule has 0 aliphatic heterocycles. The van der Waals surface area contributed by atoms with E-state index in [0.29, 0.717) is 5.92 Å². The molecule has 0 aliphatic rings. The van der Waals surface area contributed by atoms with Gasteiger partial charge in [0, 0.05) is 17.8 Å². The Kier molecular flexibility index (Phi) is 3.82. The first-order valence-electron chi connectivity index (χ1n) is 6.43. The average molecular weight is 243 g/mol. The Morgan fingerprint density at radius 3 is 2.28 bits per heavy atom. The zero-order valence-electron chi connectivity index (χ0n) is 11.3. The van der Waals surface area contributed by atoms with Gasteiger partial charge in [0.25, 0.3) is 0 Å². The summed E-state index contributed by atoms with van der Waals surface area (Å²) in [5.41, 5.74) is 9.53. The monoisotopic (exact) mass is 243 g/mol. The number of benzene rings is 1. The average Bonchev–Trinajstić information content (AvgIpc) is 2.78. The Hall–Kier alpha value is -1.61. The lowest BCUT2D eigenvalue weighted by molar-refractivity contribution is 0.684. The third-order valence-electron chi connectivity index (χ3n) is 3.17. The van der Waals surface area contributed by atoms with E-state index in [-0.39, 0.29) is 6.04 Å². The van der Waals surface area contributed by atoms with Gasteiger partial charge in [0.15, 0.2) is 0 Å². The van der Waals surface area contributed by atoms with E-state index < -0.39 is 0 Å². The van der Waals surface area contributed by atoms with Gasteiger partial charge in [-0.2, -0.15) is 5.10 Å². The fourth-order valence-corrected chi connectivity index (χ4v) is 1.90. The number of aromatic nitrogens is 2. The summed E-state index contributed by atoms with van der Waals surface area (Å²) in [4.78, 5) is 0. The van der Waals surface area contributed by atoms with E-state index in [2.05, 4.69) is 43.2 Å². The van der Waals surface area contributed by atoms with Gasteiger partial charge in [-0.3, -0.25) is 4.68 Å². The molecule has 0 spiro atoms. The largest absolute Gasteiger partial charge is 0.324 e. The van der Waals surface area contributed by atoms with Gasteiger partial charge in [-0.1, -0.05) is 38.1 Å². The molecule has 2 aromatic rings. The Bertz CT molecular complexity index is 495. The van der Waals surface area contributed by atoms with Gasteiger partial charge < -0.3 is 5.73 Å². The minimum atomic E-state index is 0.0436. The standard InChI is InChI=1S/C15H21N3/c1-11(2)14-6-4-13(5-7-14)9-18-10-15(8-17-18)12(3)16/h4-8,10-12H,9,16H2,1-3H3. The number of nitrogens with two attached hydrogens (primary N) is 1. The zero-order chi connectivity index (χ0) is 13.1. The summed E-state index contributed by atoms with van der Waals surface area (Å²) >= 11 is 0. The third-order valence-corrected chi connectivity index (χ3v) is 3.17. The second kappa shape index (κ2) is 5.36. The summed E-state index contributed by atoms with van der Waals surface area (Å²) in [7, 11) is 0. The van der Waals surface area contributed by atoms with Gasteiger partial charge in [0.05, 0.1) is 12.7 Å². The molecule has 0 saturated heterocycles. The summed E-state index contributed by atoms with van der Waals surface area (Å²) in [6.45, 7) is 7.18. The highest BCUT2D eigenvalue weighted by Gasteiger charge is 2.04. The number of nitrogens with zero attached hydrogens (tertiary/aromatic N) is 2. The predicted octanol–water partition coefficient (Wildman–Crippen LogP) is 3.07. The summed E-state index contributed by atoms with van der Waals surface area (Å²) in [6, 6.07) is 8.76. The van der Waals surface area contributed by atoms with Crippen LogP contribution in [0.3, 0.4) is 0 Å². The molecule has 1 heterocycles. The molecule has 1 aromatic heterocycles. The topological polar surface area (TPSA) is 43.8 Å². The fraction of sp³-hybridized carbons (Fsp3) is 0.400. The number of hydrogen-bond donors (Lipinski definition) is 1. The third kappa shape index (κ3) is 2.99. The normalized spacial score (nSPS) is 12.9.